The molecule has 6 nitrogen and oxygen atoms in total. The van der Waals surface area contributed by atoms with E-state index in [0.29, 0.717) is 44.0 Å². The molecule has 0 unspecified atom stereocenters. The first-order valence-electron chi connectivity index (χ1n) is 11.6. The van der Waals surface area contributed by atoms with Gasteiger partial charge in [0.15, 0.2) is 0 Å². The monoisotopic (exact) mass is 484 g/mol. The van der Waals surface area contributed by atoms with E-state index >= 15 is 0 Å². The Bertz CT molecular complexity index is 1380. The Morgan fingerprint density at radius 2 is 1.46 bits per heavy atom. The lowest BCUT2D eigenvalue weighted by molar-refractivity contribution is 0.0746. The van der Waals surface area contributed by atoms with Crippen LogP contribution in [0.4, 0.5) is 5.69 Å². The molecule has 0 bridgehead atoms. The molecule has 1 fully saturated rings. The van der Waals surface area contributed by atoms with Gasteiger partial charge in [-0.05, 0) is 35.7 Å². The van der Waals surface area contributed by atoms with E-state index in [0.717, 1.165) is 11.1 Å². The molecule has 1 amide bonds. The van der Waals surface area contributed by atoms with Gasteiger partial charge in [-0.25, -0.2) is 0 Å². The SMILES string of the molecule is O=C(c1ccccc1Cc1ccccc1)N1CCN(c2cnn(-c3ccccc3)c(=O)c2Cl)CC1. The predicted octanol–water partition coefficient (Wildman–Crippen LogP) is 4.44. The zero-order valence-electron chi connectivity index (χ0n) is 19.2. The lowest BCUT2D eigenvalue weighted by Crippen LogP contribution is -2.49. The van der Waals surface area contributed by atoms with Gasteiger partial charge in [0.25, 0.3) is 11.5 Å². The van der Waals surface area contributed by atoms with Crippen LogP contribution in [0.25, 0.3) is 5.69 Å². The molecule has 4 aromatic rings. The van der Waals surface area contributed by atoms with Crippen LogP contribution in [0.5, 0.6) is 0 Å². The second-order valence-electron chi connectivity index (χ2n) is 8.50. The minimum atomic E-state index is -0.358. The number of hydrogen-bond donors (Lipinski definition) is 0. The van der Waals surface area contributed by atoms with Crippen LogP contribution in [-0.2, 0) is 6.42 Å². The average Bonchev–Trinajstić information content (AvgIpc) is 2.91. The summed E-state index contributed by atoms with van der Waals surface area (Å²) in [5.74, 6) is 0.0277. The molecule has 0 radical (unpaired) electrons. The number of aromatic nitrogens is 2. The van der Waals surface area contributed by atoms with Gasteiger partial charge < -0.3 is 9.80 Å². The van der Waals surface area contributed by atoms with E-state index in [-0.39, 0.29) is 16.5 Å². The first kappa shape index (κ1) is 22.9. The maximum atomic E-state index is 13.4. The number of nitrogens with zero attached hydrogens (tertiary/aromatic N) is 4. The van der Waals surface area contributed by atoms with Crippen molar-refractivity contribution in [3.05, 3.63) is 123 Å². The van der Waals surface area contributed by atoms with Crippen molar-refractivity contribution < 1.29 is 4.79 Å². The number of carbonyl (C=O) groups excluding carboxylic acids is 1. The summed E-state index contributed by atoms with van der Waals surface area (Å²) in [5, 5.41) is 4.47. The van der Waals surface area contributed by atoms with E-state index < -0.39 is 0 Å². The van der Waals surface area contributed by atoms with Crippen LogP contribution < -0.4 is 10.5 Å². The van der Waals surface area contributed by atoms with Crippen molar-refractivity contribution in [3.8, 4) is 5.69 Å². The fraction of sp³-hybridized carbons (Fsp3) is 0.179. The van der Waals surface area contributed by atoms with Crippen molar-refractivity contribution in [1.82, 2.24) is 14.7 Å². The fourth-order valence-corrected chi connectivity index (χ4v) is 4.67. The Morgan fingerprint density at radius 1 is 0.829 bits per heavy atom. The molecule has 1 aliphatic rings. The molecule has 35 heavy (non-hydrogen) atoms. The minimum Gasteiger partial charge on any atom is -0.365 e. The van der Waals surface area contributed by atoms with Crippen LogP contribution in [0, 0.1) is 0 Å². The van der Waals surface area contributed by atoms with Gasteiger partial charge >= 0.3 is 0 Å². The number of anilines is 1. The molecule has 0 aliphatic carbocycles. The van der Waals surface area contributed by atoms with E-state index in [1.54, 1.807) is 6.20 Å². The molecule has 2 heterocycles. The van der Waals surface area contributed by atoms with E-state index in [2.05, 4.69) is 17.2 Å². The highest BCUT2D eigenvalue weighted by Crippen LogP contribution is 2.24. The minimum absolute atomic E-state index is 0.0277. The number of benzene rings is 3. The van der Waals surface area contributed by atoms with Crippen molar-refractivity contribution in [2.45, 2.75) is 6.42 Å². The molecule has 1 aliphatic heterocycles. The van der Waals surface area contributed by atoms with Crippen LogP contribution in [-0.4, -0.2) is 46.8 Å². The standard InChI is InChI=1S/C28H25ClN4O2/c29-26-25(20-30-33(28(26)35)23-12-5-2-6-13-23)31-15-17-32(18-16-31)27(34)24-14-8-7-11-22(24)19-21-9-3-1-4-10-21/h1-14,20H,15-19H2. The maximum absolute atomic E-state index is 13.4. The number of amides is 1. The fourth-order valence-electron chi connectivity index (χ4n) is 4.42. The quantitative estimate of drug-likeness (QED) is 0.420. The number of para-hydroxylation sites is 1. The lowest BCUT2D eigenvalue weighted by atomic mass is 9.99. The van der Waals surface area contributed by atoms with Crippen LogP contribution in [0.15, 0.2) is 95.9 Å². The lowest BCUT2D eigenvalue weighted by Gasteiger charge is -2.36. The molecule has 7 heteroatoms. The molecule has 0 atom stereocenters. The van der Waals surface area contributed by atoms with E-state index in [4.69, 9.17) is 11.6 Å². The zero-order chi connectivity index (χ0) is 24.2. The van der Waals surface area contributed by atoms with E-state index in [1.165, 1.54) is 10.2 Å². The summed E-state index contributed by atoms with van der Waals surface area (Å²) in [4.78, 5) is 30.1. The first-order chi connectivity index (χ1) is 17.1. The van der Waals surface area contributed by atoms with Gasteiger partial charge in [0, 0.05) is 31.7 Å². The average molecular weight is 485 g/mol. The highest BCUT2D eigenvalue weighted by Gasteiger charge is 2.26. The summed E-state index contributed by atoms with van der Waals surface area (Å²) in [6.07, 6.45) is 2.34. The molecule has 0 spiro atoms. The summed E-state index contributed by atoms with van der Waals surface area (Å²) in [7, 11) is 0. The van der Waals surface area contributed by atoms with E-state index in [1.807, 2.05) is 82.6 Å². The summed E-state index contributed by atoms with van der Waals surface area (Å²) in [5.41, 5.74) is 3.82. The number of piperazine rings is 1. The first-order valence-corrected chi connectivity index (χ1v) is 12.0. The second-order valence-corrected chi connectivity index (χ2v) is 8.87. The summed E-state index contributed by atoms with van der Waals surface area (Å²) in [6.45, 7) is 2.22. The summed E-state index contributed by atoms with van der Waals surface area (Å²) < 4.78 is 1.30. The Balaban J connectivity index is 1.30. The Labute approximate surface area is 209 Å². The van der Waals surface area contributed by atoms with Crippen molar-refractivity contribution in [2.24, 2.45) is 0 Å². The third-order valence-electron chi connectivity index (χ3n) is 6.29. The Morgan fingerprint density at radius 3 is 2.17 bits per heavy atom. The van der Waals surface area contributed by atoms with Gasteiger partial charge in [0.05, 0.1) is 17.6 Å². The highest BCUT2D eigenvalue weighted by atomic mass is 35.5. The number of halogens is 1. The summed E-state index contributed by atoms with van der Waals surface area (Å²) >= 11 is 6.48. The molecule has 3 aromatic carbocycles. The van der Waals surface area contributed by atoms with Gasteiger partial charge in [-0.15, -0.1) is 0 Å². The largest absolute Gasteiger partial charge is 0.365 e. The van der Waals surface area contributed by atoms with Gasteiger partial charge in [-0.3, -0.25) is 9.59 Å². The van der Waals surface area contributed by atoms with Crippen molar-refractivity contribution in [2.75, 3.05) is 31.1 Å². The van der Waals surface area contributed by atoms with Crippen LogP contribution >= 0.6 is 11.6 Å². The number of rotatable bonds is 5. The summed E-state index contributed by atoms with van der Waals surface area (Å²) in [6, 6.07) is 27.2. The molecular formula is C28H25ClN4O2. The smallest absolute Gasteiger partial charge is 0.292 e. The van der Waals surface area contributed by atoms with Crippen molar-refractivity contribution in [1.29, 1.82) is 0 Å². The number of carbonyl (C=O) groups is 1. The normalized spacial score (nSPS) is 13.6. The number of hydrogen-bond acceptors (Lipinski definition) is 4. The van der Waals surface area contributed by atoms with Crippen LogP contribution in [0.1, 0.15) is 21.5 Å². The predicted molar refractivity (Wildman–Crippen MR) is 139 cm³/mol. The highest BCUT2D eigenvalue weighted by molar-refractivity contribution is 6.33. The van der Waals surface area contributed by atoms with E-state index in [9.17, 15) is 9.59 Å². The molecular weight excluding hydrogens is 460 g/mol. The van der Waals surface area contributed by atoms with Gasteiger partial charge in [-0.2, -0.15) is 9.78 Å². The molecule has 1 saturated heterocycles. The van der Waals surface area contributed by atoms with Crippen molar-refractivity contribution >= 4 is 23.2 Å². The molecule has 0 N–H and O–H groups in total. The topological polar surface area (TPSA) is 58.4 Å². The maximum Gasteiger partial charge on any atom is 0.292 e. The molecule has 1 aromatic heterocycles. The third kappa shape index (κ3) is 4.84. The zero-order valence-corrected chi connectivity index (χ0v) is 19.9. The van der Waals surface area contributed by atoms with Crippen LogP contribution in [0.2, 0.25) is 5.02 Å². The molecule has 176 valence electrons. The van der Waals surface area contributed by atoms with Gasteiger partial charge in [0.2, 0.25) is 0 Å². The second kappa shape index (κ2) is 10.2. The Hall–Kier alpha value is -3.90. The van der Waals surface area contributed by atoms with Gasteiger partial charge in [-0.1, -0.05) is 78.3 Å². The van der Waals surface area contributed by atoms with Crippen molar-refractivity contribution in [3.63, 3.8) is 0 Å². The Kier molecular flexibility index (Phi) is 6.64. The molecule has 0 saturated carbocycles. The third-order valence-corrected chi connectivity index (χ3v) is 6.65. The molecule has 5 rings (SSSR count). The van der Waals surface area contributed by atoms with Crippen LogP contribution in [0.3, 0.4) is 0 Å². The van der Waals surface area contributed by atoms with Gasteiger partial charge in [0.1, 0.15) is 5.02 Å².